The molecular weight excluding hydrogens is 443 g/mol. The molecule has 0 unspecified atom stereocenters. The molecular formula is C25H31FN2O4S. The van der Waals surface area contributed by atoms with Crippen molar-refractivity contribution >= 4 is 17.2 Å². The van der Waals surface area contributed by atoms with Crippen LogP contribution in [0.2, 0.25) is 0 Å². The number of thiophene rings is 1. The zero-order valence-electron chi connectivity index (χ0n) is 18.7. The number of hydrogen-bond donors (Lipinski definition) is 1. The van der Waals surface area contributed by atoms with Gasteiger partial charge >= 0.3 is 0 Å². The topological polar surface area (TPSA) is 62.2 Å². The normalized spacial score (nSPS) is 18.8. The summed E-state index contributed by atoms with van der Waals surface area (Å²) in [5, 5.41) is 12.4. The van der Waals surface area contributed by atoms with Gasteiger partial charge < -0.3 is 19.5 Å². The summed E-state index contributed by atoms with van der Waals surface area (Å²) in [6.07, 6.45) is 3.88. The summed E-state index contributed by atoms with van der Waals surface area (Å²) in [4.78, 5) is 18.6. The molecule has 1 saturated carbocycles. The van der Waals surface area contributed by atoms with Crippen molar-refractivity contribution in [1.29, 1.82) is 0 Å². The molecule has 8 heteroatoms. The molecule has 0 saturated heterocycles. The van der Waals surface area contributed by atoms with Crippen LogP contribution >= 0.6 is 11.3 Å². The molecule has 4 rings (SSSR count). The Morgan fingerprint density at radius 1 is 1.39 bits per heavy atom. The van der Waals surface area contributed by atoms with Crippen molar-refractivity contribution < 1.29 is 23.8 Å². The summed E-state index contributed by atoms with van der Waals surface area (Å²) in [5.41, 5.74) is 1.10. The van der Waals surface area contributed by atoms with Crippen LogP contribution in [-0.2, 0) is 16.0 Å². The lowest BCUT2D eigenvalue weighted by molar-refractivity contribution is -0.136. The molecule has 33 heavy (non-hydrogen) atoms. The molecule has 2 aliphatic rings. The number of aliphatic hydroxyl groups is 1. The third kappa shape index (κ3) is 6.41. The Kier molecular flexibility index (Phi) is 8.14. The first kappa shape index (κ1) is 23.9. The van der Waals surface area contributed by atoms with Crippen LogP contribution in [0.3, 0.4) is 0 Å². The van der Waals surface area contributed by atoms with Gasteiger partial charge in [0.05, 0.1) is 31.9 Å². The van der Waals surface area contributed by atoms with Crippen LogP contribution in [0.1, 0.15) is 29.3 Å². The van der Waals surface area contributed by atoms with Crippen molar-refractivity contribution in [3.63, 3.8) is 0 Å². The highest BCUT2D eigenvalue weighted by molar-refractivity contribution is 7.10. The van der Waals surface area contributed by atoms with Gasteiger partial charge in [-0.2, -0.15) is 0 Å². The van der Waals surface area contributed by atoms with Crippen molar-refractivity contribution in [2.75, 3.05) is 39.5 Å². The van der Waals surface area contributed by atoms with Gasteiger partial charge in [-0.15, -0.1) is 17.9 Å². The Morgan fingerprint density at radius 3 is 3.00 bits per heavy atom. The lowest BCUT2D eigenvalue weighted by Crippen LogP contribution is -2.48. The van der Waals surface area contributed by atoms with Gasteiger partial charge in [0, 0.05) is 30.1 Å². The lowest BCUT2D eigenvalue weighted by atomic mass is 10.0. The van der Waals surface area contributed by atoms with E-state index >= 15 is 0 Å². The van der Waals surface area contributed by atoms with Crippen molar-refractivity contribution in [3.05, 3.63) is 64.6 Å². The zero-order chi connectivity index (χ0) is 23.2. The maximum Gasteiger partial charge on any atom is 0.237 e. The number of hydrogen-bond acceptors (Lipinski definition) is 6. The average Bonchev–Trinajstić information content (AvgIpc) is 3.54. The van der Waals surface area contributed by atoms with Crippen LogP contribution < -0.4 is 4.74 Å². The molecule has 2 atom stereocenters. The first-order valence-electron chi connectivity index (χ1n) is 11.4. The van der Waals surface area contributed by atoms with Crippen LogP contribution in [0.5, 0.6) is 5.75 Å². The van der Waals surface area contributed by atoms with Gasteiger partial charge in [-0.05, 0) is 48.4 Å². The molecule has 1 fully saturated rings. The SMILES string of the molecule is C=CCOC[C@@H](O)CN(CC(=O)N1CCc2sccc2[C@H]1COc1cccc(F)c1)C1CC1. The van der Waals surface area contributed by atoms with Gasteiger partial charge in [0.1, 0.15) is 18.2 Å². The van der Waals surface area contributed by atoms with Crippen molar-refractivity contribution in [2.45, 2.75) is 37.5 Å². The fourth-order valence-corrected chi connectivity index (χ4v) is 5.19. The second kappa shape index (κ2) is 11.2. The highest BCUT2D eigenvalue weighted by Crippen LogP contribution is 2.34. The Hall–Kier alpha value is -2.26. The predicted molar refractivity (Wildman–Crippen MR) is 126 cm³/mol. The molecule has 1 aliphatic carbocycles. The van der Waals surface area contributed by atoms with Crippen LogP contribution in [0.4, 0.5) is 4.39 Å². The molecule has 178 valence electrons. The molecule has 1 N–H and O–H groups in total. The number of aliphatic hydroxyl groups excluding tert-OH is 1. The molecule has 0 radical (unpaired) electrons. The van der Waals surface area contributed by atoms with Gasteiger partial charge in [0.25, 0.3) is 0 Å². The summed E-state index contributed by atoms with van der Waals surface area (Å²) < 4.78 is 24.8. The smallest absolute Gasteiger partial charge is 0.237 e. The summed E-state index contributed by atoms with van der Waals surface area (Å²) in [7, 11) is 0. The summed E-state index contributed by atoms with van der Waals surface area (Å²) in [6.45, 7) is 5.75. The van der Waals surface area contributed by atoms with Crippen LogP contribution in [-0.4, -0.2) is 72.4 Å². The van der Waals surface area contributed by atoms with Gasteiger partial charge in [0.2, 0.25) is 5.91 Å². The number of halogens is 1. The number of carbonyl (C=O) groups is 1. The quantitative estimate of drug-likeness (QED) is 0.377. The van der Waals surface area contributed by atoms with E-state index < -0.39 is 6.10 Å². The van der Waals surface area contributed by atoms with Crippen LogP contribution in [0.25, 0.3) is 0 Å². The van der Waals surface area contributed by atoms with Gasteiger partial charge in [-0.25, -0.2) is 4.39 Å². The van der Waals surface area contributed by atoms with Gasteiger partial charge in [0.15, 0.2) is 0 Å². The van der Waals surface area contributed by atoms with E-state index in [1.54, 1.807) is 29.5 Å². The Bertz CT molecular complexity index is 948. The molecule has 1 aromatic carbocycles. The number of amides is 1. The molecule has 0 spiro atoms. The maximum atomic E-state index is 13.6. The summed E-state index contributed by atoms with van der Waals surface area (Å²) >= 11 is 1.70. The highest BCUT2D eigenvalue weighted by atomic mass is 32.1. The average molecular weight is 475 g/mol. The zero-order valence-corrected chi connectivity index (χ0v) is 19.5. The second-order valence-corrected chi connectivity index (χ2v) is 9.56. The third-order valence-corrected chi connectivity index (χ3v) is 7.01. The Morgan fingerprint density at radius 2 is 2.24 bits per heavy atom. The third-order valence-electron chi connectivity index (χ3n) is 6.01. The number of fused-ring (bicyclic) bond motifs is 1. The standard InChI is InChI=1S/C25H31FN2O4S/c1-2-11-31-16-20(29)14-27(19-6-7-19)15-25(30)28-10-8-24-22(9-12-33-24)23(28)17-32-21-5-3-4-18(26)13-21/h2-5,9,12-13,19-20,23,29H,1,6-8,10-11,14-17H2/t20-,23+/m0/s1. The summed E-state index contributed by atoms with van der Waals surface area (Å²) in [6, 6.07) is 8.22. The minimum atomic E-state index is -0.657. The Balaban J connectivity index is 1.42. The van der Waals surface area contributed by atoms with Gasteiger partial charge in [-0.3, -0.25) is 9.69 Å². The van der Waals surface area contributed by atoms with E-state index in [0.717, 1.165) is 24.8 Å². The number of nitrogens with zero attached hydrogens (tertiary/aromatic N) is 2. The first-order valence-corrected chi connectivity index (χ1v) is 12.3. The Labute approximate surface area is 198 Å². The van der Waals surface area contributed by atoms with Crippen LogP contribution in [0.15, 0.2) is 48.4 Å². The fourth-order valence-electron chi connectivity index (χ4n) is 4.26. The first-order chi connectivity index (χ1) is 16.0. The van der Waals surface area contributed by atoms with Crippen molar-refractivity contribution in [2.24, 2.45) is 0 Å². The van der Waals surface area contributed by atoms with E-state index in [1.807, 2.05) is 10.3 Å². The van der Waals surface area contributed by atoms with E-state index in [-0.39, 0.29) is 37.5 Å². The fraction of sp³-hybridized carbons (Fsp3) is 0.480. The molecule has 1 aliphatic heterocycles. The van der Waals surface area contributed by atoms with Gasteiger partial charge in [-0.1, -0.05) is 12.1 Å². The molecule has 6 nitrogen and oxygen atoms in total. The van der Waals surface area contributed by atoms with E-state index in [4.69, 9.17) is 9.47 Å². The lowest BCUT2D eigenvalue weighted by Gasteiger charge is -2.37. The number of ether oxygens (including phenoxy) is 2. The summed E-state index contributed by atoms with van der Waals surface area (Å²) in [5.74, 6) is 0.119. The number of carbonyl (C=O) groups excluding carboxylic acids is 1. The molecule has 2 heterocycles. The monoisotopic (exact) mass is 474 g/mol. The number of benzene rings is 1. The van der Waals surface area contributed by atoms with E-state index in [1.165, 1.54) is 17.0 Å². The minimum Gasteiger partial charge on any atom is -0.491 e. The molecule has 1 aromatic heterocycles. The van der Waals surface area contributed by atoms with Crippen molar-refractivity contribution in [3.8, 4) is 5.75 Å². The molecule has 0 bridgehead atoms. The van der Waals surface area contributed by atoms with E-state index in [0.29, 0.717) is 31.5 Å². The highest BCUT2D eigenvalue weighted by Gasteiger charge is 2.36. The van der Waals surface area contributed by atoms with E-state index in [9.17, 15) is 14.3 Å². The molecule has 2 aromatic rings. The van der Waals surface area contributed by atoms with Crippen molar-refractivity contribution in [1.82, 2.24) is 9.80 Å². The predicted octanol–water partition coefficient (Wildman–Crippen LogP) is 3.42. The second-order valence-electron chi connectivity index (χ2n) is 8.56. The largest absolute Gasteiger partial charge is 0.491 e. The minimum absolute atomic E-state index is 0.0193. The maximum absolute atomic E-state index is 13.6. The molecule has 1 amide bonds. The van der Waals surface area contributed by atoms with E-state index in [2.05, 4.69) is 17.5 Å². The number of rotatable bonds is 12. The van der Waals surface area contributed by atoms with Crippen LogP contribution in [0, 0.1) is 5.82 Å².